The van der Waals surface area contributed by atoms with E-state index in [1.807, 2.05) is 0 Å². The molecule has 0 nitrogen and oxygen atoms in total. The lowest BCUT2D eigenvalue weighted by Crippen LogP contribution is -1.80. The van der Waals surface area contributed by atoms with Crippen molar-refractivity contribution < 1.29 is 8.78 Å². The summed E-state index contributed by atoms with van der Waals surface area (Å²) in [4.78, 5) is 0. The molecule has 0 amide bonds. The maximum Gasteiger partial charge on any atom is 0.135 e. The molecule has 0 radical (unpaired) electrons. The van der Waals surface area contributed by atoms with Crippen molar-refractivity contribution >= 4 is 19.6 Å². The fourth-order valence-corrected chi connectivity index (χ4v) is 0.905. The van der Waals surface area contributed by atoms with Gasteiger partial charge in [-0.3, -0.25) is 0 Å². The minimum absolute atomic E-state index is 0.355. The van der Waals surface area contributed by atoms with Crippen LogP contribution in [-0.2, 0) is 0 Å². The molecule has 1 rings (SSSR count). The smallest absolute Gasteiger partial charge is 0.135 e. The van der Waals surface area contributed by atoms with Crippen LogP contribution in [0.25, 0.3) is 0 Å². The first-order valence-corrected chi connectivity index (χ1v) is 2.79. The summed E-state index contributed by atoms with van der Waals surface area (Å²) in [5.74, 6) is 0. The first kappa shape index (κ1) is 4.71. The van der Waals surface area contributed by atoms with Gasteiger partial charge in [0.05, 0.1) is 8.74 Å². The van der Waals surface area contributed by atoms with Gasteiger partial charge in [-0.25, -0.2) is 8.78 Å². The molecule has 0 N–H and O–H groups in total. The van der Waals surface area contributed by atoms with Gasteiger partial charge in [-0.1, -0.05) is 0 Å². The highest BCUT2D eigenvalue weighted by Gasteiger charge is 1.94. The molecule has 0 fully saturated rings. The zero-order chi connectivity index (χ0) is 5.28. The van der Waals surface area contributed by atoms with Crippen LogP contribution >= 0.6 is 0 Å². The second kappa shape index (κ2) is 1.58. The van der Waals surface area contributed by atoms with Gasteiger partial charge in [-0.2, -0.15) is 0 Å². The van der Waals surface area contributed by atoms with Gasteiger partial charge in [0, 0.05) is 0 Å². The van der Waals surface area contributed by atoms with Gasteiger partial charge in [0.25, 0.3) is 0 Å². The maximum absolute atomic E-state index is 11.8. The first-order valence-electron chi connectivity index (χ1n) is 1.79. The molecule has 0 atom stereocenters. The number of rotatable bonds is 0. The van der Waals surface area contributed by atoms with Crippen LogP contribution in [0.3, 0.4) is 0 Å². The van der Waals surface area contributed by atoms with E-state index in [1.54, 1.807) is 0 Å². The molecule has 1 aliphatic heterocycles. The maximum atomic E-state index is 11.8. The molecule has 0 unspecified atom stereocenters. The molecule has 36 valence electrons. The third-order valence-corrected chi connectivity index (χ3v) is 1.43. The van der Waals surface area contributed by atoms with Crippen LogP contribution in [0, 0.1) is 0 Å². The fourth-order valence-electron chi connectivity index (χ4n) is 0.344. The van der Waals surface area contributed by atoms with Gasteiger partial charge in [0.15, 0.2) is 0 Å². The standard InChI is InChI=1S/C4H2F2Si/c5-3-1-2-4(6)7-3/h1-2H. The molecule has 7 heavy (non-hydrogen) atoms. The van der Waals surface area contributed by atoms with Crippen molar-refractivity contribution in [2.75, 3.05) is 0 Å². The van der Waals surface area contributed by atoms with Crippen LogP contribution in [0.15, 0.2) is 12.2 Å². The highest BCUT2D eigenvalue weighted by molar-refractivity contribution is 6.68. The Morgan fingerprint density at radius 3 is 1.71 bits per heavy atom. The van der Waals surface area contributed by atoms with Crippen molar-refractivity contribution in [1.82, 2.24) is 0 Å². The SMILES string of the molecule is FC1=[Si]=C(F)C=C1. The Kier molecular flexibility index (Phi) is 1.06. The summed E-state index contributed by atoms with van der Waals surface area (Å²) in [6, 6.07) is 0. The van der Waals surface area contributed by atoms with Crippen molar-refractivity contribution in [3.8, 4) is 0 Å². The molecule has 0 aromatic rings. The van der Waals surface area contributed by atoms with Crippen molar-refractivity contribution in [3.05, 3.63) is 12.2 Å². The van der Waals surface area contributed by atoms with Crippen LogP contribution in [0.2, 0.25) is 0 Å². The number of allylic oxidation sites excluding steroid dienone is 2. The molecular formula is C4H2F2Si. The van der Waals surface area contributed by atoms with Crippen molar-refractivity contribution in [3.63, 3.8) is 0 Å². The minimum Gasteiger partial charge on any atom is -0.205 e. The molecule has 1 heterocycles. The molecule has 1 aliphatic rings. The van der Waals surface area contributed by atoms with Crippen LogP contribution < -0.4 is 0 Å². The average Bonchev–Trinajstić information content (AvgIpc) is 1.87. The third kappa shape index (κ3) is 0.960. The number of hydrogen-bond donors (Lipinski definition) is 0. The zero-order valence-electron chi connectivity index (χ0n) is 3.41. The van der Waals surface area contributed by atoms with Crippen molar-refractivity contribution in [2.45, 2.75) is 0 Å². The molecular weight excluding hydrogens is 114 g/mol. The van der Waals surface area contributed by atoms with Crippen LogP contribution in [0.4, 0.5) is 8.78 Å². The number of halogens is 2. The van der Waals surface area contributed by atoms with E-state index < -0.39 is 0 Å². The molecule has 3 heteroatoms. The van der Waals surface area contributed by atoms with Gasteiger partial charge < -0.3 is 0 Å². The Bertz CT molecular complexity index is 158. The topological polar surface area (TPSA) is 0 Å². The lowest BCUT2D eigenvalue weighted by Gasteiger charge is -1.65. The second-order valence-electron chi connectivity index (χ2n) is 1.15. The molecule has 0 aliphatic carbocycles. The fraction of sp³-hybridized carbons (Fsp3) is 0. The lowest BCUT2D eigenvalue weighted by atomic mass is 10.6. The normalized spacial score (nSPS) is 16.9. The molecule has 0 bridgehead atoms. The van der Waals surface area contributed by atoms with E-state index in [0.717, 1.165) is 12.2 Å². The van der Waals surface area contributed by atoms with E-state index in [-0.39, 0.29) is 19.6 Å². The summed E-state index contributed by atoms with van der Waals surface area (Å²) in [5, 5.41) is 0. The second-order valence-corrected chi connectivity index (χ2v) is 2.36. The molecule has 0 saturated carbocycles. The zero-order valence-corrected chi connectivity index (χ0v) is 4.41. The van der Waals surface area contributed by atoms with E-state index >= 15 is 0 Å². The van der Waals surface area contributed by atoms with Gasteiger partial charge in [0.2, 0.25) is 0 Å². The minimum atomic E-state index is -0.363. The van der Waals surface area contributed by atoms with Crippen LogP contribution in [-0.4, -0.2) is 19.6 Å². The van der Waals surface area contributed by atoms with Gasteiger partial charge in [-0.15, -0.1) is 0 Å². The highest BCUT2D eigenvalue weighted by atomic mass is 28.1. The van der Waals surface area contributed by atoms with E-state index in [9.17, 15) is 8.78 Å². The lowest BCUT2D eigenvalue weighted by molar-refractivity contribution is 0.835. The average molecular weight is 116 g/mol. The van der Waals surface area contributed by atoms with Gasteiger partial charge in [-0.05, 0) is 12.2 Å². The van der Waals surface area contributed by atoms with Gasteiger partial charge in [0.1, 0.15) is 10.8 Å². The summed E-state index contributed by atoms with van der Waals surface area (Å²) in [6.45, 7) is 0. The Morgan fingerprint density at radius 2 is 1.57 bits per heavy atom. The molecule has 0 saturated heterocycles. The van der Waals surface area contributed by atoms with Crippen molar-refractivity contribution in [1.29, 1.82) is 0 Å². The Morgan fingerprint density at radius 1 is 1.14 bits per heavy atom. The summed E-state index contributed by atoms with van der Waals surface area (Å²) in [5.41, 5.74) is -0.727. The quantitative estimate of drug-likeness (QED) is 0.403. The van der Waals surface area contributed by atoms with E-state index in [1.165, 1.54) is 0 Å². The molecule has 0 spiro atoms. The summed E-state index contributed by atoms with van der Waals surface area (Å²) in [6.07, 6.45) is 2.29. The van der Waals surface area contributed by atoms with Crippen molar-refractivity contribution in [2.24, 2.45) is 0 Å². The molecule has 0 aromatic heterocycles. The van der Waals surface area contributed by atoms with Crippen LogP contribution in [0.5, 0.6) is 0 Å². The predicted octanol–water partition coefficient (Wildman–Crippen LogP) is 0.459. The largest absolute Gasteiger partial charge is 0.205 e. The van der Waals surface area contributed by atoms with E-state index in [2.05, 4.69) is 0 Å². The monoisotopic (exact) mass is 116 g/mol. The first-order chi connectivity index (χ1) is 3.29. The Balaban J connectivity index is 3.03. The Hall–Kier alpha value is -0.443. The predicted molar refractivity (Wildman–Crippen MR) is 27.1 cm³/mol. The third-order valence-electron chi connectivity index (χ3n) is 0.615. The summed E-state index contributed by atoms with van der Waals surface area (Å²) in [7, 11) is -0.355. The van der Waals surface area contributed by atoms with E-state index in [4.69, 9.17) is 0 Å². The van der Waals surface area contributed by atoms with E-state index in [0.29, 0.717) is 0 Å². The summed E-state index contributed by atoms with van der Waals surface area (Å²) < 4.78 is 23.5. The van der Waals surface area contributed by atoms with Gasteiger partial charge >= 0.3 is 0 Å². The molecule has 0 aromatic carbocycles. The van der Waals surface area contributed by atoms with Crippen LogP contribution in [0.1, 0.15) is 0 Å². The number of hydrogen-bond acceptors (Lipinski definition) is 0. The highest BCUT2D eigenvalue weighted by Crippen LogP contribution is 1.87. The Labute approximate surface area is 41.5 Å². The summed E-state index contributed by atoms with van der Waals surface area (Å²) >= 11 is 0.